The molecule has 110 valence electrons. The maximum atomic E-state index is 11.4. The number of carboxylic acids is 1. The van der Waals surface area contributed by atoms with Gasteiger partial charge in [0.05, 0.1) is 6.61 Å². The van der Waals surface area contributed by atoms with Gasteiger partial charge in [0.15, 0.2) is 0 Å². The second-order valence-corrected chi connectivity index (χ2v) is 4.37. The Morgan fingerprint density at radius 3 is 2.37 bits per heavy atom. The first kappa shape index (κ1) is 17.2. The lowest BCUT2D eigenvalue weighted by Crippen LogP contribution is -2.48. The lowest BCUT2D eigenvalue weighted by atomic mass is 10.1. The SMILES string of the molecule is CCOC(=O)CCCNC(=O)N[C@@H](C(=O)O)C(C)C. The molecule has 0 aromatic rings. The van der Waals surface area contributed by atoms with E-state index in [0.29, 0.717) is 13.0 Å². The zero-order valence-corrected chi connectivity index (χ0v) is 11.6. The van der Waals surface area contributed by atoms with Gasteiger partial charge in [0.2, 0.25) is 0 Å². The number of ether oxygens (including phenoxy) is 1. The normalized spacial score (nSPS) is 11.8. The van der Waals surface area contributed by atoms with E-state index in [2.05, 4.69) is 10.6 Å². The molecule has 0 aromatic carbocycles. The molecule has 2 amide bonds. The van der Waals surface area contributed by atoms with E-state index >= 15 is 0 Å². The molecule has 0 heterocycles. The van der Waals surface area contributed by atoms with E-state index in [0.717, 1.165) is 0 Å². The maximum absolute atomic E-state index is 11.4. The summed E-state index contributed by atoms with van der Waals surface area (Å²) in [4.78, 5) is 33.3. The molecule has 0 aromatic heterocycles. The molecule has 1 atom stereocenters. The number of carbonyl (C=O) groups is 3. The summed E-state index contributed by atoms with van der Waals surface area (Å²) < 4.78 is 4.73. The van der Waals surface area contributed by atoms with Gasteiger partial charge in [-0.2, -0.15) is 0 Å². The summed E-state index contributed by atoms with van der Waals surface area (Å²) >= 11 is 0. The minimum atomic E-state index is -1.07. The number of carboxylic acid groups (broad SMARTS) is 1. The van der Waals surface area contributed by atoms with E-state index < -0.39 is 18.0 Å². The zero-order chi connectivity index (χ0) is 14.8. The number of amides is 2. The topological polar surface area (TPSA) is 105 Å². The third-order valence-electron chi connectivity index (χ3n) is 2.37. The van der Waals surface area contributed by atoms with Crippen LogP contribution in [0, 0.1) is 5.92 Å². The number of urea groups is 1. The summed E-state index contributed by atoms with van der Waals surface area (Å²) in [7, 11) is 0. The Labute approximate surface area is 112 Å². The molecule has 19 heavy (non-hydrogen) atoms. The fourth-order valence-corrected chi connectivity index (χ4v) is 1.37. The van der Waals surface area contributed by atoms with Crippen LogP contribution >= 0.6 is 0 Å². The van der Waals surface area contributed by atoms with Crippen molar-refractivity contribution in [2.45, 2.75) is 39.7 Å². The number of rotatable bonds is 8. The molecule has 7 nitrogen and oxygen atoms in total. The largest absolute Gasteiger partial charge is 0.480 e. The molecule has 0 saturated heterocycles. The fourth-order valence-electron chi connectivity index (χ4n) is 1.37. The molecule has 0 fully saturated rings. The summed E-state index contributed by atoms with van der Waals surface area (Å²) in [6, 6.07) is -1.48. The van der Waals surface area contributed by atoms with E-state index in [9.17, 15) is 14.4 Å². The minimum absolute atomic E-state index is 0.206. The molecule has 0 aliphatic carbocycles. The molecular formula is C12H22N2O5. The Balaban J connectivity index is 3.86. The first-order chi connectivity index (χ1) is 8.88. The van der Waals surface area contributed by atoms with Gasteiger partial charge in [-0.25, -0.2) is 9.59 Å². The average molecular weight is 274 g/mol. The van der Waals surface area contributed by atoms with E-state index in [1.165, 1.54) is 0 Å². The van der Waals surface area contributed by atoms with Gasteiger partial charge in [0.25, 0.3) is 0 Å². The number of aliphatic carboxylic acids is 1. The third kappa shape index (κ3) is 8.01. The second kappa shape index (κ2) is 9.18. The van der Waals surface area contributed by atoms with Gasteiger partial charge >= 0.3 is 18.0 Å². The molecule has 0 saturated carbocycles. The van der Waals surface area contributed by atoms with Crippen LogP contribution in [0.5, 0.6) is 0 Å². The van der Waals surface area contributed by atoms with Crippen LogP contribution in [0.4, 0.5) is 4.79 Å². The lowest BCUT2D eigenvalue weighted by Gasteiger charge is -2.18. The quantitative estimate of drug-likeness (QED) is 0.447. The number of hydrogen-bond acceptors (Lipinski definition) is 4. The number of carbonyl (C=O) groups excluding carboxylic acids is 2. The van der Waals surface area contributed by atoms with Crippen molar-refractivity contribution in [1.82, 2.24) is 10.6 Å². The van der Waals surface area contributed by atoms with Gasteiger partial charge in [-0.05, 0) is 19.3 Å². The Bertz CT molecular complexity index is 317. The van der Waals surface area contributed by atoms with Crippen molar-refractivity contribution < 1.29 is 24.2 Å². The van der Waals surface area contributed by atoms with Crippen molar-refractivity contribution in [1.29, 1.82) is 0 Å². The Kier molecular flexibility index (Phi) is 8.32. The molecule has 0 rings (SSSR count). The first-order valence-electron chi connectivity index (χ1n) is 6.31. The molecule has 0 radical (unpaired) electrons. The van der Waals surface area contributed by atoms with E-state index in [1.54, 1.807) is 20.8 Å². The van der Waals surface area contributed by atoms with Crippen LogP contribution in [-0.4, -0.2) is 42.3 Å². The molecule has 0 aliphatic heterocycles. The fraction of sp³-hybridized carbons (Fsp3) is 0.750. The van der Waals surface area contributed by atoms with Crippen molar-refractivity contribution >= 4 is 18.0 Å². The summed E-state index contributed by atoms with van der Waals surface area (Å²) in [6.45, 7) is 5.76. The van der Waals surface area contributed by atoms with Gasteiger partial charge < -0.3 is 20.5 Å². The minimum Gasteiger partial charge on any atom is -0.480 e. The van der Waals surface area contributed by atoms with Gasteiger partial charge in [-0.1, -0.05) is 13.8 Å². The van der Waals surface area contributed by atoms with E-state index in [4.69, 9.17) is 9.84 Å². The molecule has 0 spiro atoms. The molecular weight excluding hydrogens is 252 g/mol. The van der Waals surface area contributed by atoms with E-state index in [1.807, 2.05) is 0 Å². The monoisotopic (exact) mass is 274 g/mol. The average Bonchev–Trinajstić information content (AvgIpc) is 2.31. The van der Waals surface area contributed by atoms with Gasteiger partial charge in [0.1, 0.15) is 6.04 Å². The molecule has 0 unspecified atom stereocenters. The van der Waals surface area contributed by atoms with Gasteiger partial charge in [-0.15, -0.1) is 0 Å². The van der Waals surface area contributed by atoms with Crippen LogP contribution in [0.3, 0.4) is 0 Å². The molecule has 0 bridgehead atoms. The molecule has 3 N–H and O–H groups in total. The lowest BCUT2D eigenvalue weighted by molar-refractivity contribution is -0.143. The van der Waals surface area contributed by atoms with Crippen molar-refractivity contribution in [3.63, 3.8) is 0 Å². The number of nitrogens with one attached hydrogen (secondary N) is 2. The summed E-state index contributed by atoms with van der Waals surface area (Å²) in [5.74, 6) is -1.59. The standard InChI is InChI=1S/C12H22N2O5/c1-4-19-9(15)6-5-7-13-12(18)14-10(8(2)3)11(16)17/h8,10H,4-7H2,1-3H3,(H,16,17)(H2,13,14,18)/t10-/m1/s1. The Morgan fingerprint density at radius 2 is 1.89 bits per heavy atom. The summed E-state index contributed by atoms with van der Waals surface area (Å²) in [6.07, 6.45) is 0.673. The third-order valence-corrected chi connectivity index (χ3v) is 2.37. The highest BCUT2D eigenvalue weighted by molar-refractivity contribution is 5.82. The highest BCUT2D eigenvalue weighted by atomic mass is 16.5. The smallest absolute Gasteiger partial charge is 0.326 e. The summed E-state index contributed by atoms with van der Waals surface area (Å²) in [5, 5.41) is 13.8. The van der Waals surface area contributed by atoms with Crippen molar-refractivity contribution in [3.8, 4) is 0 Å². The van der Waals surface area contributed by atoms with Gasteiger partial charge in [-0.3, -0.25) is 4.79 Å². The Hall–Kier alpha value is -1.79. The van der Waals surface area contributed by atoms with Crippen LogP contribution in [0.15, 0.2) is 0 Å². The number of esters is 1. The van der Waals surface area contributed by atoms with Crippen LogP contribution in [0.2, 0.25) is 0 Å². The van der Waals surface area contributed by atoms with Crippen LogP contribution < -0.4 is 10.6 Å². The predicted molar refractivity (Wildman–Crippen MR) is 68.7 cm³/mol. The predicted octanol–water partition coefficient (Wildman–Crippen LogP) is 0.738. The maximum Gasteiger partial charge on any atom is 0.326 e. The second-order valence-electron chi connectivity index (χ2n) is 4.37. The van der Waals surface area contributed by atoms with Crippen molar-refractivity contribution in [3.05, 3.63) is 0 Å². The highest BCUT2D eigenvalue weighted by Gasteiger charge is 2.22. The number of hydrogen-bond donors (Lipinski definition) is 3. The van der Waals surface area contributed by atoms with E-state index in [-0.39, 0.29) is 24.9 Å². The van der Waals surface area contributed by atoms with Crippen molar-refractivity contribution in [2.24, 2.45) is 5.92 Å². The molecule has 7 heteroatoms. The summed E-state index contributed by atoms with van der Waals surface area (Å²) in [5.41, 5.74) is 0. The van der Waals surface area contributed by atoms with Gasteiger partial charge in [0, 0.05) is 13.0 Å². The Morgan fingerprint density at radius 1 is 1.26 bits per heavy atom. The van der Waals surface area contributed by atoms with Crippen LogP contribution in [0.25, 0.3) is 0 Å². The van der Waals surface area contributed by atoms with Crippen LogP contribution in [-0.2, 0) is 14.3 Å². The van der Waals surface area contributed by atoms with Crippen molar-refractivity contribution in [2.75, 3.05) is 13.2 Å². The zero-order valence-electron chi connectivity index (χ0n) is 11.6. The molecule has 0 aliphatic rings. The first-order valence-corrected chi connectivity index (χ1v) is 6.31. The van der Waals surface area contributed by atoms with Crippen LogP contribution in [0.1, 0.15) is 33.6 Å². The highest BCUT2D eigenvalue weighted by Crippen LogP contribution is 2.01.